The average molecular weight is 500 g/mol. The molecule has 1 saturated carbocycles. The van der Waals surface area contributed by atoms with Gasteiger partial charge in [-0.05, 0) is 44.1 Å². The minimum Gasteiger partial charge on any atom is -0.385 e. The molecule has 1 N–H and O–H groups in total. The molecule has 3 fully saturated rings. The van der Waals surface area contributed by atoms with Gasteiger partial charge in [-0.3, -0.25) is 4.79 Å². The molecule has 1 aromatic heterocycles. The van der Waals surface area contributed by atoms with E-state index in [-0.39, 0.29) is 17.9 Å². The number of ether oxygens (including phenoxy) is 2. The molecule has 0 radical (unpaired) electrons. The zero-order valence-corrected chi connectivity index (χ0v) is 20.5. The van der Waals surface area contributed by atoms with Gasteiger partial charge in [-0.15, -0.1) is 0 Å². The van der Waals surface area contributed by atoms with Gasteiger partial charge in [-0.2, -0.15) is 13.2 Å². The van der Waals surface area contributed by atoms with E-state index in [0.29, 0.717) is 51.2 Å². The summed E-state index contributed by atoms with van der Waals surface area (Å²) in [6.45, 7) is 5.90. The molecule has 4 atom stereocenters. The highest BCUT2D eigenvalue weighted by atomic mass is 19.4. The fourth-order valence-corrected chi connectivity index (χ4v) is 5.63. The summed E-state index contributed by atoms with van der Waals surface area (Å²) in [6, 6.07) is 1.55. The van der Waals surface area contributed by atoms with E-state index in [1.165, 1.54) is 0 Å². The first-order valence-corrected chi connectivity index (χ1v) is 12.5. The van der Waals surface area contributed by atoms with Crippen LogP contribution in [-0.2, 0) is 20.4 Å². The Morgan fingerprint density at radius 1 is 1.29 bits per heavy atom. The Kier molecular flexibility index (Phi) is 8.17. The van der Waals surface area contributed by atoms with E-state index in [1.807, 2.05) is 4.90 Å². The molecule has 196 valence electrons. The second-order valence-corrected chi connectivity index (χ2v) is 10.1. The van der Waals surface area contributed by atoms with E-state index in [4.69, 9.17) is 9.47 Å². The Morgan fingerprint density at radius 3 is 2.74 bits per heavy atom. The number of piperazine rings is 1. The van der Waals surface area contributed by atoms with Crippen molar-refractivity contribution in [3.63, 3.8) is 0 Å². The Balaban J connectivity index is 1.38. The van der Waals surface area contributed by atoms with Crippen LogP contribution in [0.5, 0.6) is 0 Å². The molecule has 35 heavy (non-hydrogen) atoms. The molecule has 0 bridgehead atoms. The smallest absolute Gasteiger partial charge is 0.385 e. The molecule has 4 rings (SSSR count). The maximum absolute atomic E-state index is 13.8. The van der Waals surface area contributed by atoms with Gasteiger partial charge in [-0.1, -0.05) is 6.92 Å². The van der Waals surface area contributed by atoms with Gasteiger partial charge in [0, 0.05) is 64.8 Å². The van der Waals surface area contributed by atoms with Gasteiger partial charge in [0.2, 0.25) is 11.9 Å². The molecule has 2 saturated heterocycles. The third-order valence-electron chi connectivity index (χ3n) is 7.72. The van der Waals surface area contributed by atoms with Crippen LogP contribution in [0.2, 0.25) is 0 Å². The Hall–Kier alpha value is -1.98. The number of nitrogens with zero attached hydrogens (tertiary/aromatic N) is 4. The van der Waals surface area contributed by atoms with Crippen LogP contribution >= 0.6 is 0 Å². The van der Waals surface area contributed by atoms with Crippen molar-refractivity contribution in [1.29, 1.82) is 0 Å². The van der Waals surface area contributed by atoms with Crippen molar-refractivity contribution < 1.29 is 27.4 Å². The van der Waals surface area contributed by atoms with E-state index in [2.05, 4.69) is 22.2 Å². The summed E-state index contributed by atoms with van der Waals surface area (Å²) in [5.41, 5.74) is -1.43. The fraction of sp³-hybridized carbons (Fsp3) is 0.792. The maximum Gasteiger partial charge on any atom is 0.433 e. The van der Waals surface area contributed by atoms with Crippen molar-refractivity contribution in [2.24, 2.45) is 11.3 Å². The highest BCUT2D eigenvalue weighted by Crippen LogP contribution is 2.43. The lowest BCUT2D eigenvalue weighted by atomic mass is 9.80. The Labute approximate surface area is 204 Å². The number of methoxy groups -OCH3 is 1. The fourth-order valence-electron chi connectivity index (χ4n) is 5.63. The van der Waals surface area contributed by atoms with Crippen LogP contribution in [-0.4, -0.2) is 86.0 Å². The molecule has 1 amide bonds. The molecule has 1 aromatic rings. The number of aromatic nitrogens is 2. The molecule has 11 heteroatoms. The number of carbonyl (C=O) groups excluding carboxylic acids is 1. The van der Waals surface area contributed by atoms with Gasteiger partial charge in [0.25, 0.3) is 0 Å². The molecule has 2 unspecified atom stereocenters. The van der Waals surface area contributed by atoms with Gasteiger partial charge in [-0.25, -0.2) is 9.97 Å². The van der Waals surface area contributed by atoms with E-state index < -0.39 is 17.3 Å². The van der Waals surface area contributed by atoms with Crippen LogP contribution in [0.4, 0.5) is 19.1 Å². The molecule has 3 heterocycles. The standard InChI is InChI=1S/C24H36F3N5O3/c1-17-16-35-13-5-19(17)29-18-3-6-23(15-18,7-14-34-2)21(33)31-9-11-32(12-10-31)22-28-8-4-20(30-22)24(25,26)27/h4,8,17-19,29H,3,5-7,9-16H2,1-2H3/t17-,18+,19?,23?/m1/s1. The Morgan fingerprint density at radius 2 is 2.06 bits per heavy atom. The third-order valence-corrected chi connectivity index (χ3v) is 7.72. The van der Waals surface area contributed by atoms with Crippen LogP contribution in [0.15, 0.2) is 12.3 Å². The van der Waals surface area contributed by atoms with Crippen molar-refractivity contribution >= 4 is 11.9 Å². The van der Waals surface area contributed by atoms with E-state index >= 15 is 0 Å². The van der Waals surface area contributed by atoms with Crippen molar-refractivity contribution in [2.75, 3.05) is 58.0 Å². The molecule has 0 spiro atoms. The van der Waals surface area contributed by atoms with Crippen molar-refractivity contribution in [2.45, 2.75) is 57.3 Å². The first-order chi connectivity index (χ1) is 16.7. The number of carbonyl (C=O) groups is 1. The van der Waals surface area contributed by atoms with Crippen LogP contribution in [0.25, 0.3) is 0 Å². The zero-order valence-electron chi connectivity index (χ0n) is 20.5. The van der Waals surface area contributed by atoms with Crippen LogP contribution < -0.4 is 10.2 Å². The predicted octanol–water partition coefficient (Wildman–Crippen LogP) is 2.73. The number of nitrogens with one attached hydrogen (secondary N) is 1. The molecule has 1 aliphatic carbocycles. The summed E-state index contributed by atoms with van der Waals surface area (Å²) in [7, 11) is 1.65. The van der Waals surface area contributed by atoms with Crippen molar-refractivity contribution in [3.05, 3.63) is 18.0 Å². The largest absolute Gasteiger partial charge is 0.433 e. The minimum absolute atomic E-state index is 0.0525. The minimum atomic E-state index is -4.52. The summed E-state index contributed by atoms with van der Waals surface area (Å²) in [5.74, 6) is 0.625. The summed E-state index contributed by atoms with van der Waals surface area (Å²) >= 11 is 0. The molecule has 2 aliphatic heterocycles. The lowest BCUT2D eigenvalue weighted by Crippen LogP contribution is -2.54. The lowest BCUT2D eigenvalue weighted by Gasteiger charge is -2.40. The second-order valence-electron chi connectivity index (χ2n) is 10.1. The molecule has 0 aromatic carbocycles. The SMILES string of the molecule is COCCC1(C(=O)N2CCN(c3nccc(C(F)(F)F)n3)CC2)CC[C@H](NC2CCOC[C@H]2C)C1. The predicted molar refractivity (Wildman–Crippen MR) is 124 cm³/mol. The van der Waals surface area contributed by atoms with E-state index in [0.717, 1.165) is 51.2 Å². The molecular formula is C24H36F3N5O3. The first kappa shape index (κ1) is 26.1. The number of hydrogen-bond donors (Lipinski definition) is 1. The van der Waals surface area contributed by atoms with Gasteiger partial charge in [0.15, 0.2) is 0 Å². The first-order valence-electron chi connectivity index (χ1n) is 12.5. The van der Waals surface area contributed by atoms with Crippen LogP contribution in [0.3, 0.4) is 0 Å². The number of amides is 1. The van der Waals surface area contributed by atoms with Crippen LogP contribution in [0.1, 0.15) is 44.7 Å². The quantitative estimate of drug-likeness (QED) is 0.618. The summed E-state index contributed by atoms with van der Waals surface area (Å²) in [4.78, 5) is 25.1. The molecular weight excluding hydrogens is 463 g/mol. The van der Waals surface area contributed by atoms with Gasteiger partial charge in [0.1, 0.15) is 5.69 Å². The van der Waals surface area contributed by atoms with Gasteiger partial charge < -0.3 is 24.6 Å². The van der Waals surface area contributed by atoms with Crippen molar-refractivity contribution in [3.8, 4) is 0 Å². The normalized spacial score (nSPS) is 30.0. The number of anilines is 1. The topological polar surface area (TPSA) is 79.8 Å². The number of halogens is 3. The number of alkyl halides is 3. The van der Waals surface area contributed by atoms with Gasteiger partial charge in [0.05, 0.1) is 12.0 Å². The monoisotopic (exact) mass is 499 g/mol. The maximum atomic E-state index is 13.8. The zero-order chi connectivity index (χ0) is 25.1. The number of rotatable bonds is 7. The summed E-state index contributed by atoms with van der Waals surface area (Å²) in [6.07, 6.45) is 0.790. The second kappa shape index (κ2) is 11.0. The van der Waals surface area contributed by atoms with Crippen LogP contribution in [0, 0.1) is 11.3 Å². The Bertz CT molecular complexity index is 865. The van der Waals surface area contributed by atoms with E-state index in [9.17, 15) is 18.0 Å². The summed E-state index contributed by atoms with van der Waals surface area (Å²) in [5, 5.41) is 3.79. The summed E-state index contributed by atoms with van der Waals surface area (Å²) < 4.78 is 50.0. The highest BCUT2D eigenvalue weighted by molar-refractivity contribution is 5.83. The highest BCUT2D eigenvalue weighted by Gasteiger charge is 2.47. The third kappa shape index (κ3) is 6.06. The lowest BCUT2D eigenvalue weighted by molar-refractivity contribution is -0.143. The van der Waals surface area contributed by atoms with Crippen molar-refractivity contribution in [1.82, 2.24) is 20.2 Å². The molecule has 8 nitrogen and oxygen atoms in total. The average Bonchev–Trinajstić information content (AvgIpc) is 3.27. The molecule has 3 aliphatic rings. The van der Waals surface area contributed by atoms with E-state index in [1.54, 1.807) is 12.0 Å². The number of hydrogen-bond acceptors (Lipinski definition) is 7. The van der Waals surface area contributed by atoms with Gasteiger partial charge >= 0.3 is 6.18 Å².